The zero-order chi connectivity index (χ0) is 53.1. The molecule has 10 heteroatoms. The van der Waals surface area contributed by atoms with Crippen molar-refractivity contribution in [3.63, 3.8) is 0 Å². The smallest absolute Gasteiger partial charge is 0.462 e. The first-order chi connectivity index (χ1) is 35.8. The molecule has 0 aliphatic rings. The maximum Gasteiger partial charge on any atom is 0.472 e. The number of carbonyl (C=O) groups is 2. The van der Waals surface area contributed by atoms with E-state index in [1.807, 2.05) is 0 Å². The zero-order valence-corrected chi connectivity index (χ0v) is 48.0. The van der Waals surface area contributed by atoms with E-state index in [4.69, 9.17) is 24.3 Å². The van der Waals surface area contributed by atoms with Gasteiger partial charge in [0.25, 0.3) is 0 Å². The van der Waals surface area contributed by atoms with Crippen LogP contribution in [0.4, 0.5) is 0 Å². The van der Waals surface area contributed by atoms with E-state index in [9.17, 15) is 19.0 Å². The molecule has 0 rings (SSSR count). The molecule has 0 radical (unpaired) electrons. The highest BCUT2D eigenvalue weighted by Crippen LogP contribution is 2.43. The molecule has 0 amide bonds. The van der Waals surface area contributed by atoms with Crippen LogP contribution in [-0.2, 0) is 32.7 Å². The normalized spacial score (nSPS) is 13.6. The van der Waals surface area contributed by atoms with E-state index < -0.39 is 26.5 Å². The summed E-state index contributed by atoms with van der Waals surface area (Å²) in [7, 11) is -4.39. The SMILES string of the molecule is CC/C=C\C/C=C\C/C=C\C/C=C\C/C=C\C/C=C\CCCCCCCCCCCCCCCCC(=O)OC(COC(=O)CCCCCCCCCCC/C=C\CCCCCCCC)COP(=O)(O)OCCN. The van der Waals surface area contributed by atoms with Crippen LogP contribution in [0.1, 0.15) is 271 Å². The Hall–Kier alpha value is -2.81. The third kappa shape index (κ3) is 58.3. The lowest BCUT2D eigenvalue weighted by atomic mass is 10.0. The highest BCUT2D eigenvalue weighted by atomic mass is 31.2. The van der Waals surface area contributed by atoms with Crippen molar-refractivity contribution in [3.05, 3.63) is 85.1 Å². The molecule has 0 aliphatic heterocycles. The van der Waals surface area contributed by atoms with E-state index in [-0.39, 0.29) is 38.6 Å². The van der Waals surface area contributed by atoms with Gasteiger partial charge in [-0.15, -0.1) is 0 Å². The first-order valence-corrected chi connectivity index (χ1v) is 31.6. The Morgan fingerprint density at radius 1 is 0.425 bits per heavy atom. The monoisotopic (exact) mass is 1040 g/mol. The Morgan fingerprint density at radius 2 is 0.753 bits per heavy atom. The van der Waals surface area contributed by atoms with Gasteiger partial charge in [0.1, 0.15) is 6.61 Å². The Labute approximate surface area is 449 Å². The summed E-state index contributed by atoms with van der Waals surface area (Å²) in [5.74, 6) is -0.825. The average molecular weight is 1040 g/mol. The second kappa shape index (κ2) is 58.5. The largest absolute Gasteiger partial charge is 0.472 e. The summed E-state index contributed by atoms with van der Waals surface area (Å²) in [6, 6.07) is 0. The maximum atomic E-state index is 12.7. The predicted molar refractivity (Wildman–Crippen MR) is 312 cm³/mol. The third-order valence-electron chi connectivity index (χ3n) is 12.8. The number of nitrogens with two attached hydrogens (primary N) is 1. The highest BCUT2D eigenvalue weighted by Gasteiger charge is 2.26. The summed E-state index contributed by atoms with van der Waals surface area (Å²) in [5.41, 5.74) is 5.38. The van der Waals surface area contributed by atoms with Gasteiger partial charge in [0.15, 0.2) is 6.10 Å². The van der Waals surface area contributed by atoms with E-state index in [1.54, 1.807) is 0 Å². The van der Waals surface area contributed by atoms with Crippen molar-refractivity contribution in [2.45, 2.75) is 277 Å². The van der Waals surface area contributed by atoms with Crippen LogP contribution < -0.4 is 5.73 Å². The second-order valence-corrected chi connectivity index (χ2v) is 21.3. The Kier molecular flexibility index (Phi) is 56.2. The van der Waals surface area contributed by atoms with Crippen molar-refractivity contribution in [2.24, 2.45) is 5.73 Å². The van der Waals surface area contributed by atoms with E-state index >= 15 is 0 Å². The van der Waals surface area contributed by atoms with Crippen LogP contribution in [0.15, 0.2) is 85.1 Å². The fourth-order valence-electron chi connectivity index (χ4n) is 8.34. The van der Waals surface area contributed by atoms with Crippen LogP contribution >= 0.6 is 7.82 Å². The lowest BCUT2D eigenvalue weighted by molar-refractivity contribution is -0.161. The van der Waals surface area contributed by atoms with E-state index in [1.165, 1.54) is 161 Å². The number of unbranched alkanes of at least 4 members (excludes halogenated alkanes) is 29. The van der Waals surface area contributed by atoms with Gasteiger partial charge in [-0.25, -0.2) is 4.57 Å². The summed E-state index contributed by atoms with van der Waals surface area (Å²) in [4.78, 5) is 35.2. The first-order valence-electron chi connectivity index (χ1n) is 30.1. The second-order valence-electron chi connectivity index (χ2n) is 19.8. The lowest BCUT2D eigenvalue weighted by Gasteiger charge is -2.19. The molecule has 0 fully saturated rings. The van der Waals surface area contributed by atoms with Gasteiger partial charge in [-0.1, -0.05) is 253 Å². The third-order valence-corrected chi connectivity index (χ3v) is 13.7. The van der Waals surface area contributed by atoms with E-state index in [2.05, 4.69) is 98.9 Å². The van der Waals surface area contributed by atoms with Crippen molar-refractivity contribution >= 4 is 19.8 Å². The van der Waals surface area contributed by atoms with Crippen molar-refractivity contribution in [1.82, 2.24) is 0 Å². The number of phosphoric acid groups is 1. The number of hydrogen-bond acceptors (Lipinski definition) is 8. The van der Waals surface area contributed by atoms with Crippen molar-refractivity contribution < 1.29 is 37.6 Å². The molecule has 0 heterocycles. The van der Waals surface area contributed by atoms with Gasteiger partial charge in [-0.3, -0.25) is 18.6 Å². The average Bonchev–Trinajstić information content (AvgIpc) is 3.38. The molecule has 0 spiro atoms. The Bertz CT molecular complexity index is 1470. The number of ether oxygens (including phenoxy) is 2. The lowest BCUT2D eigenvalue weighted by Crippen LogP contribution is -2.29. The Morgan fingerprint density at radius 3 is 1.14 bits per heavy atom. The van der Waals surface area contributed by atoms with E-state index in [0.717, 1.165) is 77.0 Å². The van der Waals surface area contributed by atoms with Crippen molar-refractivity contribution in [1.29, 1.82) is 0 Å². The molecule has 0 aromatic heterocycles. The van der Waals surface area contributed by atoms with Gasteiger partial charge < -0.3 is 20.1 Å². The summed E-state index contributed by atoms with van der Waals surface area (Å²) in [6.07, 6.45) is 76.4. The number of phosphoric ester groups is 1. The number of carbonyl (C=O) groups excluding carboxylic acids is 2. The minimum Gasteiger partial charge on any atom is -0.462 e. The number of hydrogen-bond donors (Lipinski definition) is 2. The molecular formula is C63H112NO8P. The zero-order valence-electron chi connectivity index (χ0n) is 47.1. The van der Waals surface area contributed by atoms with Gasteiger partial charge in [0.05, 0.1) is 13.2 Å². The molecular weight excluding hydrogens is 930 g/mol. The van der Waals surface area contributed by atoms with Crippen molar-refractivity contribution in [2.75, 3.05) is 26.4 Å². The highest BCUT2D eigenvalue weighted by molar-refractivity contribution is 7.47. The molecule has 0 bridgehead atoms. The molecule has 0 saturated carbocycles. The quantitative estimate of drug-likeness (QED) is 0.0264. The van der Waals surface area contributed by atoms with Gasteiger partial charge in [0, 0.05) is 19.4 Å². The fraction of sp³-hybridized carbons (Fsp3) is 0.746. The number of rotatable bonds is 56. The predicted octanol–water partition coefficient (Wildman–Crippen LogP) is 19.1. The molecule has 422 valence electrons. The standard InChI is InChI=1S/C63H112NO8P/c1-3-5-7-9-11-13-15-17-19-21-23-24-25-26-27-28-29-30-31-32-33-34-35-36-38-40-42-44-46-48-50-52-54-56-63(66)72-61(60-71-73(67,68)70-58-57-64)59-69-62(65)55-53-51-49-47-45-43-41-39-37-22-20-18-16-14-12-10-8-6-4-2/h5,7,11,13,17-20,23-24,26-27,29-30,61H,3-4,6,8-10,12,14-16,21-22,25,28,31-60,64H2,1-2H3,(H,67,68)/b7-5-,13-11-,19-17-,20-18-,24-23-,27-26-,30-29-. The first kappa shape index (κ1) is 70.2. The Balaban J connectivity index is 3.94. The molecule has 73 heavy (non-hydrogen) atoms. The molecule has 2 atom stereocenters. The topological polar surface area (TPSA) is 134 Å². The summed E-state index contributed by atoms with van der Waals surface area (Å²) < 4.78 is 33.1. The van der Waals surface area contributed by atoms with Gasteiger partial charge in [-0.2, -0.15) is 0 Å². The minimum absolute atomic E-state index is 0.0511. The van der Waals surface area contributed by atoms with Gasteiger partial charge >= 0.3 is 19.8 Å². The number of allylic oxidation sites excluding steroid dienone is 14. The summed E-state index contributed by atoms with van der Waals surface area (Å²) in [6.45, 7) is 3.64. The minimum atomic E-state index is -4.39. The molecule has 0 aliphatic carbocycles. The summed E-state index contributed by atoms with van der Waals surface area (Å²) >= 11 is 0. The van der Waals surface area contributed by atoms with Crippen LogP contribution in [0.2, 0.25) is 0 Å². The van der Waals surface area contributed by atoms with E-state index in [0.29, 0.717) is 6.42 Å². The van der Waals surface area contributed by atoms with Crippen LogP contribution in [0.5, 0.6) is 0 Å². The van der Waals surface area contributed by atoms with Gasteiger partial charge in [0.2, 0.25) is 0 Å². The molecule has 3 N–H and O–H groups in total. The number of esters is 2. The van der Waals surface area contributed by atoms with Gasteiger partial charge in [-0.05, 0) is 89.9 Å². The van der Waals surface area contributed by atoms with Crippen LogP contribution in [0.3, 0.4) is 0 Å². The molecule has 0 saturated heterocycles. The molecule has 9 nitrogen and oxygen atoms in total. The maximum absolute atomic E-state index is 12.7. The molecule has 2 unspecified atom stereocenters. The van der Waals surface area contributed by atoms with Crippen LogP contribution in [-0.4, -0.2) is 49.3 Å². The van der Waals surface area contributed by atoms with Crippen molar-refractivity contribution in [3.8, 4) is 0 Å². The summed E-state index contributed by atoms with van der Waals surface area (Å²) in [5, 5.41) is 0. The molecule has 0 aromatic rings. The molecule has 0 aromatic carbocycles. The van der Waals surface area contributed by atoms with Crippen LogP contribution in [0.25, 0.3) is 0 Å². The fourth-order valence-corrected chi connectivity index (χ4v) is 9.11. The van der Waals surface area contributed by atoms with Crippen LogP contribution in [0, 0.1) is 0 Å².